The minimum atomic E-state index is -4.41. The third-order valence-corrected chi connectivity index (χ3v) is 4.69. The van der Waals surface area contributed by atoms with Crippen LogP contribution in [0, 0.1) is 5.92 Å². The van der Waals surface area contributed by atoms with Crippen molar-refractivity contribution in [3.63, 3.8) is 0 Å². The van der Waals surface area contributed by atoms with Crippen LogP contribution in [-0.4, -0.2) is 47.6 Å². The lowest BCUT2D eigenvalue weighted by atomic mass is 10.1. The largest absolute Gasteiger partial charge is 0.481 e. The molecule has 8 heteroatoms. The van der Waals surface area contributed by atoms with Crippen LogP contribution in [0.1, 0.15) is 18.4 Å². The molecule has 1 amide bonds. The normalized spacial score (nSPS) is 25.5. The number of nitrogens with zero attached hydrogens (tertiary/aromatic N) is 2. The van der Waals surface area contributed by atoms with E-state index in [0.29, 0.717) is 38.2 Å². The van der Waals surface area contributed by atoms with Crippen molar-refractivity contribution >= 4 is 17.6 Å². The van der Waals surface area contributed by atoms with Gasteiger partial charge in [0.2, 0.25) is 5.91 Å². The van der Waals surface area contributed by atoms with E-state index in [-0.39, 0.29) is 5.91 Å². The molecule has 2 fully saturated rings. The average molecular weight is 342 g/mol. The first-order chi connectivity index (χ1) is 11.3. The molecule has 3 rings (SSSR count). The molecule has 2 aliphatic rings. The summed E-state index contributed by atoms with van der Waals surface area (Å²) in [5.41, 5.74) is -0.317. The number of halogens is 3. The first-order valence-electron chi connectivity index (χ1n) is 7.73. The first kappa shape index (κ1) is 16.8. The molecular formula is C16H17F3N2O3. The number of carboxylic acids is 1. The molecule has 0 aromatic heterocycles. The zero-order chi connectivity index (χ0) is 17.5. The monoisotopic (exact) mass is 342 g/mol. The Bertz CT molecular complexity index is 645. The van der Waals surface area contributed by atoms with Crippen molar-refractivity contribution in [2.45, 2.75) is 25.1 Å². The summed E-state index contributed by atoms with van der Waals surface area (Å²) in [4.78, 5) is 26.9. The van der Waals surface area contributed by atoms with Crippen LogP contribution in [0.15, 0.2) is 24.3 Å². The smallest absolute Gasteiger partial charge is 0.416 e. The van der Waals surface area contributed by atoms with Gasteiger partial charge in [0.1, 0.15) is 0 Å². The van der Waals surface area contributed by atoms with Gasteiger partial charge in [0.15, 0.2) is 0 Å². The molecule has 1 N–H and O–H groups in total. The predicted molar refractivity (Wildman–Crippen MR) is 79.5 cm³/mol. The number of likely N-dealkylation sites (tertiary alicyclic amines) is 1. The minimum Gasteiger partial charge on any atom is -0.481 e. The molecule has 0 spiro atoms. The molecule has 2 aliphatic heterocycles. The van der Waals surface area contributed by atoms with E-state index in [0.717, 1.165) is 12.1 Å². The molecule has 0 saturated carbocycles. The van der Waals surface area contributed by atoms with Crippen LogP contribution in [0.25, 0.3) is 0 Å². The van der Waals surface area contributed by atoms with Crippen molar-refractivity contribution in [3.8, 4) is 0 Å². The SMILES string of the molecule is O=C(O)C1CCN(C2CCN(c3ccc(C(F)(F)F)cc3)C2=O)C1. The van der Waals surface area contributed by atoms with E-state index < -0.39 is 29.7 Å². The Morgan fingerprint density at radius 2 is 1.79 bits per heavy atom. The Labute approximate surface area is 136 Å². The molecule has 2 saturated heterocycles. The topological polar surface area (TPSA) is 60.9 Å². The molecule has 2 atom stereocenters. The highest BCUT2D eigenvalue weighted by Crippen LogP contribution is 2.32. The molecule has 1 aromatic rings. The first-order valence-corrected chi connectivity index (χ1v) is 7.73. The number of benzene rings is 1. The van der Waals surface area contributed by atoms with Crippen molar-refractivity contribution in [1.29, 1.82) is 0 Å². The van der Waals surface area contributed by atoms with E-state index in [1.807, 2.05) is 4.90 Å². The molecule has 24 heavy (non-hydrogen) atoms. The van der Waals surface area contributed by atoms with E-state index in [2.05, 4.69) is 0 Å². The number of carbonyl (C=O) groups excluding carboxylic acids is 1. The number of carbonyl (C=O) groups is 2. The summed E-state index contributed by atoms with van der Waals surface area (Å²) < 4.78 is 37.8. The predicted octanol–water partition coefficient (Wildman–Crippen LogP) is 2.22. The van der Waals surface area contributed by atoms with E-state index in [4.69, 9.17) is 5.11 Å². The molecule has 0 aliphatic carbocycles. The molecule has 0 radical (unpaired) electrons. The lowest BCUT2D eigenvalue weighted by Gasteiger charge is -2.23. The fourth-order valence-electron chi connectivity index (χ4n) is 3.36. The zero-order valence-electron chi connectivity index (χ0n) is 12.8. The third-order valence-electron chi connectivity index (χ3n) is 4.69. The Kier molecular flexibility index (Phi) is 4.25. The van der Waals surface area contributed by atoms with Crippen LogP contribution in [0.3, 0.4) is 0 Å². The maximum atomic E-state index is 12.6. The Hall–Kier alpha value is -2.09. The van der Waals surface area contributed by atoms with Gasteiger partial charge in [0.25, 0.3) is 0 Å². The quantitative estimate of drug-likeness (QED) is 0.915. The van der Waals surface area contributed by atoms with Crippen molar-refractivity contribution in [1.82, 2.24) is 4.90 Å². The van der Waals surface area contributed by atoms with Crippen LogP contribution in [0.5, 0.6) is 0 Å². The minimum absolute atomic E-state index is 0.180. The molecule has 5 nitrogen and oxygen atoms in total. The van der Waals surface area contributed by atoms with Crippen LogP contribution in [-0.2, 0) is 15.8 Å². The van der Waals surface area contributed by atoms with Gasteiger partial charge in [-0.25, -0.2) is 0 Å². The van der Waals surface area contributed by atoms with Gasteiger partial charge in [-0.2, -0.15) is 13.2 Å². The van der Waals surface area contributed by atoms with Crippen molar-refractivity contribution in [2.75, 3.05) is 24.5 Å². The van der Waals surface area contributed by atoms with Crippen molar-refractivity contribution in [2.24, 2.45) is 5.92 Å². The maximum Gasteiger partial charge on any atom is 0.416 e. The van der Waals surface area contributed by atoms with Crippen LogP contribution in [0.4, 0.5) is 18.9 Å². The van der Waals surface area contributed by atoms with E-state index in [1.54, 1.807) is 0 Å². The van der Waals surface area contributed by atoms with Crippen LogP contribution < -0.4 is 4.90 Å². The number of carboxylic acid groups (broad SMARTS) is 1. The summed E-state index contributed by atoms with van der Waals surface area (Å²) in [5.74, 6) is -1.50. The fourth-order valence-corrected chi connectivity index (χ4v) is 3.36. The van der Waals surface area contributed by atoms with Gasteiger partial charge in [-0.05, 0) is 43.7 Å². The maximum absolute atomic E-state index is 12.6. The second-order valence-corrected chi connectivity index (χ2v) is 6.16. The molecular weight excluding hydrogens is 325 g/mol. The van der Waals surface area contributed by atoms with E-state index >= 15 is 0 Å². The molecule has 130 valence electrons. The van der Waals surface area contributed by atoms with Gasteiger partial charge in [-0.15, -0.1) is 0 Å². The standard InChI is InChI=1S/C16H17F3N2O3/c17-16(18,19)11-1-3-12(4-2-11)21-8-6-13(14(21)22)20-7-5-10(9-20)15(23)24/h1-4,10,13H,5-9H2,(H,23,24). The number of hydrogen-bond donors (Lipinski definition) is 1. The van der Waals surface area contributed by atoms with Gasteiger partial charge in [-0.1, -0.05) is 0 Å². The molecule has 1 aromatic carbocycles. The van der Waals surface area contributed by atoms with Crippen LogP contribution in [0.2, 0.25) is 0 Å². The number of aliphatic carboxylic acids is 1. The number of hydrogen-bond acceptors (Lipinski definition) is 3. The summed E-state index contributed by atoms with van der Waals surface area (Å²) in [6.07, 6.45) is -3.34. The zero-order valence-corrected chi connectivity index (χ0v) is 12.8. The Balaban J connectivity index is 1.69. The van der Waals surface area contributed by atoms with Crippen molar-refractivity contribution < 1.29 is 27.9 Å². The Morgan fingerprint density at radius 1 is 1.12 bits per heavy atom. The third kappa shape index (κ3) is 3.10. The van der Waals surface area contributed by atoms with Gasteiger partial charge in [-0.3, -0.25) is 14.5 Å². The summed E-state index contributed by atoms with van der Waals surface area (Å²) >= 11 is 0. The fraction of sp³-hybridized carbons (Fsp3) is 0.500. The van der Waals surface area contributed by atoms with Crippen molar-refractivity contribution in [3.05, 3.63) is 29.8 Å². The summed E-state index contributed by atoms with van der Waals surface area (Å²) in [6, 6.07) is 4.13. The van der Waals surface area contributed by atoms with E-state index in [9.17, 15) is 22.8 Å². The molecule has 2 unspecified atom stereocenters. The number of amides is 1. The summed E-state index contributed by atoms with van der Waals surface area (Å²) in [6.45, 7) is 1.31. The van der Waals surface area contributed by atoms with E-state index in [1.165, 1.54) is 17.0 Å². The number of alkyl halides is 3. The summed E-state index contributed by atoms with van der Waals surface area (Å²) in [5, 5.41) is 9.05. The Morgan fingerprint density at radius 3 is 2.33 bits per heavy atom. The highest BCUT2D eigenvalue weighted by atomic mass is 19.4. The molecule has 2 heterocycles. The lowest BCUT2D eigenvalue weighted by Crippen LogP contribution is -2.41. The second-order valence-electron chi connectivity index (χ2n) is 6.16. The number of anilines is 1. The van der Waals surface area contributed by atoms with Gasteiger partial charge in [0, 0.05) is 18.8 Å². The van der Waals surface area contributed by atoms with Crippen LogP contribution >= 0.6 is 0 Å². The second kappa shape index (κ2) is 6.08. The number of rotatable bonds is 3. The van der Waals surface area contributed by atoms with Gasteiger partial charge < -0.3 is 10.0 Å². The van der Waals surface area contributed by atoms with Gasteiger partial charge in [0.05, 0.1) is 17.5 Å². The highest BCUT2D eigenvalue weighted by Gasteiger charge is 2.41. The van der Waals surface area contributed by atoms with Gasteiger partial charge >= 0.3 is 12.1 Å². The summed E-state index contributed by atoms with van der Waals surface area (Å²) in [7, 11) is 0. The molecule has 0 bridgehead atoms. The average Bonchev–Trinajstić information content (AvgIpc) is 3.13. The highest BCUT2D eigenvalue weighted by molar-refractivity contribution is 5.99. The lowest BCUT2D eigenvalue weighted by molar-refractivity contribution is -0.141.